The smallest absolute Gasteiger partial charge is 0.0107 e. The lowest BCUT2D eigenvalue weighted by Crippen LogP contribution is -2.08. The van der Waals surface area contributed by atoms with E-state index in [4.69, 9.17) is 5.73 Å². The van der Waals surface area contributed by atoms with Gasteiger partial charge in [0.2, 0.25) is 0 Å². The second kappa shape index (κ2) is 4.21. The Morgan fingerprint density at radius 1 is 0.895 bits per heavy atom. The van der Waals surface area contributed by atoms with Crippen molar-refractivity contribution in [1.82, 2.24) is 0 Å². The Kier molecular flexibility index (Phi) is 2.49. The van der Waals surface area contributed by atoms with Gasteiger partial charge in [-0.1, -0.05) is 42.5 Å². The van der Waals surface area contributed by atoms with Gasteiger partial charge in [-0.15, -0.1) is 0 Å². The van der Waals surface area contributed by atoms with Gasteiger partial charge in [-0.05, 0) is 53.6 Å². The average molecular weight is 249 g/mol. The van der Waals surface area contributed by atoms with E-state index in [0.717, 1.165) is 19.4 Å². The van der Waals surface area contributed by atoms with Gasteiger partial charge >= 0.3 is 0 Å². The molecule has 1 nitrogen and oxygen atoms in total. The number of rotatable bonds is 3. The minimum atomic E-state index is 0.644. The van der Waals surface area contributed by atoms with Crippen molar-refractivity contribution in [2.24, 2.45) is 5.73 Å². The molecule has 2 aromatic carbocycles. The molecule has 0 fully saturated rings. The van der Waals surface area contributed by atoms with E-state index in [-0.39, 0.29) is 0 Å². The maximum atomic E-state index is 5.67. The fourth-order valence-corrected chi connectivity index (χ4v) is 4.08. The van der Waals surface area contributed by atoms with Crippen LogP contribution in [0.1, 0.15) is 52.5 Å². The van der Waals surface area contributed by atoms with Crippen LogP contribution in [0.25, 0.3) is 0 Å². The zero-order valence-corrected chi connectivity index (χ0v) is 11.1. The molecule has 0 amide bonds. The predicted molar refractivity (Wildman–Crippen MR) is 78.6 cm³/mol. The second-order valence-corrected chi connectivity index (χ2v) is 5.78. The summed E-state index contributed by atoms with van der Waals surface area (Å²) in [6, 6.07) is 15.9. The molecule has 0 heterocycles. The van der Waals surface area contributed by atoms with Crippen LogP contribution < -0.4 is 5.73 Å². The molecule has 19 heavy (non-hydrogen) atoms. The topological polar surface area (TPSA) is 26.0 Å². The number of benzene rings is 2. The van der Waals surface area contributed by atoms with Gasteiger partial charge in [0.05, 0.1) is 0 Å². The summed E-state index contributed by atoms with van der Waals surface area (Å²) < 4.78 is 0. The summed E-state index contributed by atoms with van der Waals surface area (Å²) in [7, 11) is 0. The van der Waals surface area contributed by atoms with Crippen LogP contribution in [0.15, 0.2) is 42.5 Å². The molecule has 2 bridgehead atoms. The normalized spacial score (nSPS) is 22.4. The fourth-order valence-electron chi connectivity index (χ4n) is 4.08. The molecule has 0 radical (unpaired) electrons. The Bertz CT molecular complexity index is 629. The van der Waals surface area contributed by atoms with E-state index >= 15 is 0 Å². The van der Waals surface area contributed by atoms with Crippen LogP contribution in [0.4, 0.5) is 0 Å². The SMILES string of the molecule is NCCCc1cccc2c1C1CC2c2ccccc21. The van der Waals surface area contributed by atoms with Gasteiger partial charge in [0.1, 0.15) is 0 Å². The molecule has 2 unspecified atom stereocenters. The first-order valence-corrected chi connectivity index (χ1v) is 7.30. The number of nitrogens with two attached hydrogens (primary N) is 1. The Balaban J connectivity index is 1.83. The molecule has 4 rings (SSSR count). The second-order valence-electron chi connectivity index (χ2n) is 5.78. The van der Waals surface area contributed by atoms with Crippen LogP contribution in [0.3, 0.4) is 0 Å². The highest BCUT2D eigenvalue weighted by Crippen LogP contribution is 2.57. The quantitative estimate of drug-likeness (QED) is 0.884. The largest absolute Gasteiger partial charge is 0.330 e. The fraction of sp³-hybridized carbons (Fsp3) is 0.333. The van der Waals surface area contributed by atoms with E-state index in [1.807, 2.05) is 0 Å². The van der Waals surface area contributed by atoms with Crippen LogP contribution in [-0.4, -0.2) is 6.54 Å². The summed E-state index contributed by atoms with van der Waals surface area (Å²) in [6.07, 6.45) is 3.51. The number of hydrogen-bond donors (Lipinski definition) is 1. The third-order valence-corrected chi connectivity index (χ3v) is 4.82. The van der Waals surface area contributed by atoms with Crippen molar-refractivity contribution in [3.63, 3.8) is 0 Å². The van der Waals surface area contributed by atoms with Crippen LogP contribution in [0, 0.1) is 0 Å². The van der Waals surface area contributed by atoms with Crippen molar-refractivity contribution >= 4 is 0 Å². The van der Waals surface area contributed by atoms with Crippen LogP contribution >= 0.6 is 0 Å². The molecule has 2 atom stereocenters. The first-order chi connectivity index (χ1) is 9.40. The highest BCUT2D eigenvalue weighted by molar-refractivity contribution is 5.60. The van der Waals surface area contributed by atoms with Crippen molar-refractivity contribution in [1.29, 1.82) is 0 Å². The molecular formula is C18H19N. The highest BCUT2D eigenvalue weighted by Gasteiger charge is 2.41. The van der Waals surface area contributed by atoms with E-state index in [1.54, 1.807) is 22.3 Å². The lowest BCUT2D eigenvalue weighted by Gasteiger charge is -2.22. The monoisotopic (exact) mass is 249 g/mol. The summed E-state index contributed by atoms with van der Waals surface area (Å²) in [4.78, 5) is 0. The zero-order valence-electron chi connectivity index (χ0n) is 11.1. The Hall–Kier alpha value is -1.60. The van der Waals surface area contributed by atoms with Crippen LogP contribution in [0.5, 0.6) is 0 Å². The van der Waals surface area contributed by atoms with Crippen LogP contribution in [0.2, 0.25) is 0 Å². The van der Waals surface area contributed by atoms with Gasteiger partial charge in [-0.3, -0.25) is 0 Å². The molecule has 0 saturated carbocycles. The summed E-state index contributed by atoms with van der Waals surface area (Å²) in [5.74, 6) is 1.29. The Morgan fingerprint density at radius 2 is 1.63 bits per heavy atom. The van der Waals surface area contributed by atoms with Gasteiger partial charge < -0.3 is 5.73 Å². The van der Waals surface area contributed by atoms with E-state index in [1.165, 1.54) is 12.0 Å². The van der Waals surface area contributed by atoms with E-state index in [0.29, 0.717) is 11.8 Å². The van der Waals surface area contributed by atoms with Crippen molar-refractivity contribution < 1.29 is 0 Å². The maximum absolute atomic E-state index is 5.67. The van der Waals surface area contributed by atoms with Crippen molar-refractivity contribution in [2.75, 3.05) is 6.54 Å². The summed E-state index contributed by atoms with van der Waals surface area (Å²) in [5.41, 5.74) is 13.5. The standard InChI is InChI=1S/C18H19N/c19-10-4-6-12-5-3-9-15-16-11-17(18(12)15)14-8-2-1-7-13(14)16/h1-3,5,7-9,16-17H,4,6,10-11,19H2. The lowest BCUT2D eigenvalue weighted by molar-refractivity contribution is 0.780. The third-order valence-electron chi connectivity index (χ3n) is 4.82. The average Bonchev–Trinajstić information content (AvgIpc) is 3.02. The van der Waals surface area contributed by atoms with Gasteiger partial charge in [0.15, 0.2) is 0 Å². The maximum Gasteiger partial charge on any atom is 0.0107 e. The molecule has 1 heteroatoms. The molecule has 2 aromatic rings. The zero-order chi connectivity index (χ0) is 12.8. The number of hydrogen-bond acceptors (Lipinski definition) is 1. The van der Waals surface area contributed by atoms with Gasteiger partial charge in [-0.25, -0.2) is 0 Å². The van der Waals surface area contributed by atoms with Gasteiger partial charge in [0, 0.05) is 11.8 Å². The molecule has 96 valence electrons. The lowest BCUT2D eigenvalue weighted by atomic mass is 9.83. The Morgan fingerprint density at radius 3 is 2.42 bits per heavy atom. The molecule has 0 spiro atoms. The minimum absolute atomic E-state index is 0.644. The minimum Gasteiger partial charge on any atom is -0.330 e. The number of aryl methyl sites for hydroxylation is 1. The molecule has 2 aliphatic carbocycles. The highest BCUT2D eigenvalue weighted by atomic mass is 14.5. The predicted octanol–water partition coefficient (Wildman–Crippen LogP) is 3.56. The van der Waals surface area contributed by atoms with Crippen molar-refractivity contribution in [3.05, 3.63) is 70.3 Å². The van der Waals surface area contributed by atoms with E-state index < -0.39 is 0 Å². The molecule has 2 N–H and O–H groups in total. The van der Waals surface area contributed by atoms with E-state index in [2.05, 4.69) is 42.5 Å². The first-order valence-electron chi connectivity index (χ1n) is 7.30. The van der Waals surface area contributed by atoms with Crippen molar-refractivity contribution in [2.45, 2.75) is 31.1 Å². The summed E-state index contributed by atoms with van der Waals surface area (Å²) >= 11 is 0. The van der Waals surface area contributed by atoms with Gasteiger partial charge in [-0.2, -0.15) is 0 Å². The molecule has 0 aliphatic heterocycles. The van der Waals surface area contributed by atoms with E-state index in [9.17, 15) is 0 Å². The van der Waals surface area contributed by atoms with Gasteiger partial charge in [0.25, 0.3) is 0 Å². The summed E-state index contributed by atoms with van der Waals surface area (Å²) in [5, 5.41) is 0. The molecular weight excluding hydrogens is 230 g/mol. The summed E-state index contributed by atoms with van der Waals surface area (Å²) in [6.45, 7) is 0.786. The van der Waals surface area contributed by atoms with Crippen LogP contribution in [-0.2, 0) is 6.42 Å². The molecule has 0 saturated heterocycles. The van der Waals surface area contributed by atoms with Crippen molar-refractivity contribution in [3.8, 4) is 0 Å². The Labute approximate surface area is 114 Å². The first kappa shape index (κ1) is 11.2. The third kappa shape index (κ3) is 1.51. The number of fused-ring (bicyclic) bond motifs is 8. The molecule has 0 aromatic heterocycles. The molecule has 2 aliphatic rings.